The molecular weight excluding hydrogens is 408 g/mol. The monoisotopic (exact) mass is 430 g/mol. The van der Waals surface area contributed by atoms with E-state index >= 15 is 0 Å². The second kappa shape index (κ2) is 8.58. The van der Waals surface area contributed by atoms with Gasteiger partial charge in [-0.25, -0.2) is 10.2 Å². The highest BCUT2D eigenvalue weighted by Crippen LogP contribution is 2.17. The minimum absolute atomic E-state index is 0.267. The molecule has 0 spiro atoms. The lowest BCUT2D eigenvalue weighted by molar-refractivity contribution is 0.415. The zero-order valence-corrected chi connectivity index (χ0v) is 18.2. The Morgan fingerprint density at radius 3 is 2.47 bits per heavy atom. The van der Waals surface area contributed by atoms with Crippen LogP contribution in [0.25, 0.3) is 11.2 Å². The number of rotatable bonds is 6. The molecule has 1 aromatic carbocycles. The van der Waals surface area contributed by atoms with Crippen molar-refractivity contribution in [2.75, 3.05) is 12.5 Å². The molecular formula is C20H23ClN6O3. The van der Waals surface area contributed by atoms with Gasteiger partial charge in [-0.1, -0.05) is 17.7 Å². The normalized spacial score (nSPS) is 12.5. The van der Waals surface area contributed by atoms with Crippen molar-refractivity contribution in [1.29, 1.82) is 0 Å². The van der Waals surface area contributed by atoms with E-state index in [0.29, 0.717) is 23.2 Å². The molecule has 3 aromatic rings. The summed E-state index contributed by atoms with van der Waals surface area (Å²) in [4.78, 5) is 29.5. The molecule has 0 saturated heterocycles. The van der Waals surface area contributed by atoms with Gasteiger partial charge in [0.25, 0.3) is 5.56 Å². The molecule has 0 atom stereocenters. The molecule has 0 bridgehead atoms. The zero-order valence-electron chi connectivity index (χ0n) is 17.4. The second-order valence-corrected chi connectivity index (χ2v) is 7.35. The fraction of sp³-hybridized carbons (Fsp3) is 0.300. The van der Waals surface area contributed by atoms with Gasteiger partial charge in [0.05, 0.1) is 12.8 Å². The average Bonchev–Trinajstić information content (AvgIpc) is 3.11. The molecule has 0 aliphatic rings. The number of aryl methyl sites for hydroxylation is 1. The molecule has 0 unspecified atom stereocenters. The highest BCUT2D eigenvalue weighted by Gasteiger charge is 2.18. The maximum Gasteiger partial charge on any atom is 0.332 e. The number of aromatic nitrogens is 4. The Hall–Kier alpha value is -3.33. The fourth-order valence-electron chi connectivity index (χ4n) is 2.96. The summed E-state index contributed by atoms with van der Waals surface area (Å²) < 4.78 is 9.20. The lowest BCUT2D eigenvalue weighted by Crippen LogP contribution is -2.37. The summed E-state index contributed by atoms with van der Waals surface area (Å²) in [6.45, 7) is 3.88. The lowest BCUT2D eigenvalue weighted by atomic mass is 10.1. The van der Waals surface area contributed by atoms with Crippen LogP contribution in [0.3, 0.4) is 0 Å². The van der Waals surface area contributed by atoms with Crippen LogP contribution in [0, 0.1) is 0 Å². The fourth-order valence-corrected chi connectivity index (χ4v) is 3.03. The van der Waals surface area contributed by atoms with Gasteiger partial charge < -0.3 is 4.74 Å². The van der Waals surface area contributed by atoms with Gasteiger partial charge in [0, 0.05) is 25.7 Å². The number of allylic oxidation sites excluding steroid dienone is 2. The average molecular weight is 431 g/mol. The van der Waals surface area contributed by atoms with E-state index in [9.17, 15) is 9.59 Å². The van der Waals surface area contributed by atoms with E-state index in [4.69, 9.17) is 16.3 Å². The minimum atomic E-state index is -0.453. The molecule has 9 nitrogen and oxygen atoms in total. The van der Waals surface area contributed by atoms with Crippen molar-refractivity contribution in [2.45, 2.75) is 20.4 Å². The van der Waals surface area contributed by atoms with E-state index in [0.717, 1.165) is 15.9 Å². The molecule has 2 aromatic heterocycles. The summed E-state index contributed by atoms with van der Waals surface area (Å²) in [7, 11) is 4.61. The Bertz CT molecular complexity index is 1260. The first-order valence-electron chi connectivity index (χ1n) is 9.17. The van der Waals surface area contributed by atoms with Gasteiger partial charge >= 0.3 is 5.69 Å². The highest BCUT2D eigenvalue weighted by atomic mass is 35.5. The van der Waals surface area contributed by atoms with Crippen molar-refractivity contribution in [3.8, 4) is 5.75 Å². The second-order valence-electron chi connectivity index (χ2n) is 6.75. The van der Waals surface area contributed by atoms with E-state index in [1.165, 1.54) is 11.6 Å². The topological polar surface area (TPSA) is 95.4 Å². The van der Waals surface area contributed by atoms with Gasteiger partial charge in [-0.2, -0.15) is 10.1 Å². The van der Waals surface area contributed by atoms with Crippen molar-refractivity contribution in [3.05, 3.63) is 61.8 Å². The third-order valence-electron chi connectivity index (χ3n) is 4.73. The number of hydrogen-bond donors (Lipinski definition) is 1. The Labute approximate surface area is 177 Å². The van der Waals surface area contributed by atoms with Gasteiger partial charge in [-0.3, -0.25) is 18.5 Å². The molecule has 30 heavy (non-hydrogen) atoms. The maximum absolute atomic E-state index is 12.8. The summed E-state index contributed by atoms with van der Waals surface area (Å²) in [5, 5.41) is 4.97. The predicted octanol–water partition coefficient (Wildman–Crippen LogP) is 2.42. The number of halogens is 1. The van der Waals surface area contributed by atoms with Crippen LogP contribution in [-0.2, 0) is 20.6 Å². The van der Waals surface area contributed by atoms with Crippen LogP contribution in [-0.4, -0.2) is 31.5 Å². The number of nitrogens with zero attached hydrogens (tertiary/aromatic N) is 5. The molecule has 0 aliphatic heterocycles. The number of benzene rings is 1. The SMILES string of the molecule is COc1ccc(C(C)=NNc2nc3c(c(=O)n(C)c(=O)n3C)n2CC=C(C)Cl)cc1. The van der Waals surface area contributed by atoms with Crippen LogP contribution in [0.15, 0.2) is 50.1 Å². The van der Waals surface area contributed by atoms with Gasteiger partial charge in [-0.05, 0) is 43.7 Å². The zero-order chi connectivity index (χ0) is 22.0. The van der Waals surface area contributed by atoms with Crippen LogP contribution in [0.2, 0.25) is 0 Å². The van der Waals surface area contributed by atoms with Crippen LogP contribution in [0.4, 0.5) is 5.95 Å². The molecule has 158 valence electrons. The van der Waals surface area contributed by atoms with Crippen molar-refractivity contribution in [2.24, 2.45) is 19.2 Å². The van der Waals surface area contributed by atoms with Gasteiger partial charge in [0.1, 0.15) is 5.75 Å². The van der Waals surface area contributed by atoms with Gasteiger partial charge in [0.2, 0.25) is 5.95 Å². The molecule has 0 saturated carbocycles. The number of hydrazone groups is 1. The highest BCUT2D eigenvalue weighted by molar-refractivity contribution is 6.29. The minimum Gasteiger partial charge on any atom is -0.497 e. The molecule has 0 radical (unpaired) electrons. The molecule has 0 aliphatic carbocycles. The third kappa shape index (κ3) is 4.02. The Morgan fingerprint density at radius 2 is 1.87 bits per heavy atom. The standard InChI is InChI=1S/C20H23ClN6O3/c1-12(21)10-11-27-16-17(25(3)20(29)26(4)18(16)28)22-19(27)24-23-13(2)14-6-8-15(30-5)9-7-14/h6-10H,11H2,1-5H3,(H,22,24). The van der Waals surface area contributed by atoms with Gasteiger partial charge in [0.15, 0.2) is 11.2 Å². The van der Waals surface area contributed by atoms with Crippen molar-refractivity contribution < 1.29 is 4.74 Å². The number of fused-ring (bicyclic) bond motifs is 1. The summed E-state index contributed by atoms with van der Waals surface area (Å²) in [5.74, 6) is 1.08. The predicted molar refractivity (Wildman–Crippen MR) is 119 cm³/mol. The van der Waals surface area contributed by atoms with E-state index in [1.807, 2.05) is 31.2 Å². The number of nitrogens with one attached hydrogen (secondary N) is 1. The molecule has 3 rings (SSSR count). The quantitative estimate of drug-likeness (QED) is 0.478. The molecule has 0 amide bonds. The van der Waals surface area contributed by atoms with E-state index < -0.39 is 11.2 Å². The first kappa shape index (κ1) is 21.4. The summed E-state index contributed by atoms with van der Waals surface area (Å²) in [6.07, 6.45) is 1.75. The number of ether oxygens (including phenoxy) is 1. The Morgan fingerprint density at radius 1 is 1.20 bits per heavy atom. The van der Waals surface area contributed by atoms with Crippen molar-refractivity contribution in [3.63, 3.8) is 0 Å². The lowest BCUT2D eigenvalue weighted by Gasteiger charge is -2.08. The third-order valence-corrected chi connectivity index (χ3v) is 4.89. The number of anilines is 1. The van der Waals surface area contributed by atoms with E-state index in [2.05, 4.69) is 15.5 Å². The Kier molecular flexibility index (Phi) is 6.12. The molecule has 10 heteroatoms. The summed E-state index contributed by atoms with van der Waals surface area (Å²) in [5.41, 5.74) is 4.18. The van der Waals surface area contributed by atoms with Crippen LogP contribution >= 0.6 is 11.6 Å². The maximum atomic E-state index is 12.8. The number of methoxy groups -OCH3 is 1. The Balaban J connectivity index is 2.09. The van der Waals surface area contributed by atoms with Crippen molar-refractivity contribution >= 4 is 34.4 Å². The summed E-state index contributed by atoms with van der Waals surface area (Å²) >= 11 is 5.99. The van der Waals surface area contributed by atoms with Crippen LogP contribution in [0.1, 0.15) is 19.4 Å². The first-order valence-corrected chi connectivity index (χ1v) is 9.55. The molecule has 1 N–H and O–H groups in total. The van der Waals surface area contributed by atoms with Crippen molar-refractivity contribution in [1.82, 2.24) is 18.7 Å². The smallest absolute Gasteiger partial charge is 0.332 e. The number of imidazole rings is 1. The largest absolute Gasteiger partial charge is 0.497 e. The van der Waals surface area contributed by atoms with Gasteiger partial charge in [-0.15, -0.1) is 0 Å². The molecule has 0 fully saturated rings. The van der Waals surface area contributed by atoms with E-state index in [1.54, 1.807) is 31.7 Å². The first-order chi connectivity index (χ1) is 14.2. The summed E-state index contributed by atoms with van der Waals surface area (Å²) in [6, 6.07) is 7.47. The van der Waals surface area contributed by atoms with E-state index in [-0.39, 0.29) is 11.2 Å². The van der Waals surface area contributed by atoms with Crippen LogP contribution < -0.4 is 21.4 Å². The van der Waals surface area contributed by atoms with Crippen LogP contribution in [0.5, 0.6) is 5.75 Å². The molecule has 2 heterocycles. The number of hydrogen-bond acceptors (Lipinski definition) is 6.